The number of carbonyl (C=O) groups excluding carboxylic acids is 1. The van der Waals surface area contributed by atoms with Crippen molar-refractivity contribution in [2.24, 2.45) is 10.1 Å². The predicted molar refractivity (Wildman–Crippen MR) is 126 cm³/mol. The van der Waals surface area contributed by atoms with Crippen LogP contribution in [0.4, 0.5) is 5.69 Å². The maximum atomic E-state index is 12.7. The standard InChI is InChI=1S/C27H25N3O/c31-27(30-29-18-20-12-14-22-6-4-8-24(22)16-20)25-9-1-2-10-26(25)28-17-19-11-13-21-5-3-7-23(21)15-19/h1-2,9-18H,3-8H2,(H,30,31)/b28-17?,29-18-. The van der Waals surface area contributed by atoms with Gasteiger partial charge in [-0.2, -0.15) is 5.10 Å². The highest BCUT2D eigenvalue weighted by atomic mass is 16.2. The van der Waals surface area contributed by atoms with Crippen molar-refractivity contribution in [3.05, 3.63) is 99.6 Å². The van der Waals surface area contributed by atoms with Crippen LogP contribution in [0.2, 0.25) is 0 Å². The number of amides is 1. The van der Waals surface area contributed by atoms with Gasteiger partial charge in [0.05, 0.1) is 17.5 Å². The van der Waals surface area contributed by atoms with Crippen LogP contribution in [-0.4, -0.2) is 18.3 Å². The lowest BCUT2D eigenvalue weighted by molar-refractivity contribution is 0.0956. The zero-order chi connectivity index (χ0) is 21.0. The van der Waals surface area contributed by atoms with Crippen LogP contribution in [0, 0.1) is 0 Å². The first-order valence-electron chi connectivity index (χ1n) is 11.0. The molecule has 0 unspecified atom stereocenters. The van der Waals surface area contributed by atoms with E-state index in [0.717, 1.165) is 30.4 Å². The molecule has 31 heavy (non-hydrogen) atoms. The molecule has 0 aliphatic heterocycles. The second kappa shape index (κ2) is 8.68. The number of para-hydroxylation sites is 1. The van der Waals surface area contributed by atoms with E-state index in [2.05, 4.69) is 51.9 Å². The summed E-state index contributed by atoms with van der Waals surface area (Å²) in [6, 6.07) is 20.2. The van der Waals surface area contributed by atoms with E-state index in [1.807, 2.05) is 24.4 Å². The predicted octanol–water partition coefficient (Wildman–Crippen LogP) is 5.18. The van der Waals surface area contributed by atoms with Crippen LogP contribution < -0.4 is 5.43 Å². The number of hydrogen-bond donors (Lipinski definition) is 1. The van der Waals surface area contributed by atoms with Crippen molar-refractivity contribution in [1.29, 1.82) is 0 Å². The monoisotopic (exact) mass is 407 g/mol. The van der Waals surface area contributed by atoms with Crippen molar-refractivity contribution in [2.45, 2.75) is 38.5 Å². The number of fused-ring (bicyclic) bond motifs is 2. The highest BCUT2D eigenvalue weighted by Gasteiger charge is 2.12. The van der Waals surface area contributed by atoms with Gasteiger partial charge >= 0.3 is 0 Å². The summed E-state index contributed by atoms with van der Waals surface area (Å²) in [5.41, 5.74) is 11.5. The maximum Gasteiger partial charge on any atom is 0.273 e. The molecule has 154 valence electrons. The molecule has 1 N–H and O–H groups in total. The Morgan fingerprint density at radius 3 is 2.06 bits per heavy atom. The smallest absolute Gasteiger partial charge is 0.267 e. The Kier molecular flexibility index (Phi) is 5.44. The summed E-state index contributed by atoms with van der Waals surface area (Å²) in [4.78, 5) is 17.3. The molecule has 5 rings (SSSR count). The Balaban J connectivity index is 1.28. The van der Waals surface area contributed by atoms with Gasteiger partial charge in [-0.1, -0.05) is 36.4 Å². The van der Waals surface area contributed by atoms with Gasteiger partial charge in [-0.05, 0) is 96.2 Å². The van der Waals surface area contributed by atoms with E-state index >= 15 is 0 Å². The number of hydrazone groups is 1. The minimum Gasteiger partial charge on any atom is -0.267 e. The zero-order valence-corrected chi connectivity index (χ0v) is 17.5. The third-order valence-corrected chi connectivity index (χ3v) is 6.13. The number of nitrogens with zero attached hydrogens (tertiary/aromatic N) is 2. The molecule has 4 nitrogen and oxygen atoms in total. The van der Waals surface area contributed by atoms with Crippen LogP contribution in [0.1, 0.15) is 56.6 Å². The van der Waals surface area contributed by atoms with Gasteiger partial charge < -0.3 is 0 Å². The van der Waals surface area contributed by atoms with Gasteiger partial charge in [0.1, 0.15) is 0 Å². The summed E-state index contributed by atoms with van der Waals surface area (Å²) in [6.45, 7) is 0. The lowest BCUT2D eigenvalue weighted by atomic mass is 10.1. The molecule has 0 heterocycles. The van der Waals surface area contributed by atoms with Crippen LogP contribution in [0.25, 0.3) is 0 Å². The molecule has 0 spiro atoms. The molecule has 0 fully saturated rings. The molecule has 3 aromatic rings. The van der Waals surface area contributed by atoms with Gasteiger partial charge in [-0.25, -0.2) is 5.43 Å². The number of aliphatic imine (C=N–C) groups is 1. The summed E-state index contributed by atoms with van der Waals surface area (Å²) >= 11 is 0. The average Bonchev–Trinajstić information content (AvgIpc) is 3.46. The van der Waals surface area contributed by atoms with Crippen molar-refractivity contribution < 1.29 is 4.79 Å². The molecule has 3 aromatic carbocycles. The fraction of sp³-hybridized carbons (Fsp3) is 0.222. The Hall–Kier alpha value is -3.53. The Morgan fingerprint density at radius 1 is 0.742 bits per heavy atom. The Labute approximate surface area is 182 Å². The van der Waals surface area contributed by atoms with Gasteiger partial charge in [0.2, 0.25) is 0 Å². The second-order valence-corrected chi connectivity index (χ2v) is 8.24. The number of nitrogens with one attached hydrogen (secondary N) is 1. The van der Waals surface area contributed by atoms with Crippen molar-refractivity contribution in [1.82, 2.24) is 5.43 Å². The fourth-order valence-corrected chi connectivity index (χ4v) is 4.49. The topological polar surface area (TPSA) is 53.8 Å². The van der Waals surface area contributed by atoms with Gasteiger partial charge in [0.15, 0.2) is 0 Å². The van der Waals surface area contributed by atoms with Crippen LogP contribution >= 0.6 is 0 Å². The first kappa shape index (κ1) is 19.4. The van der Waals surface area contributed by atoms with Crippen molar-refractivity contribution in [2.75, 3.05) is 0 Å². The van der Waals surface area contributed by atoms with Gasteiger partial charge in [0, 0.05) is 6.21 Å². The van der Waals surface area contributed by atoms with E-state index in [-0.39, 0.29) is 5.91 Å². The van der Waals surface area contributed by atoms with Crippen LogP contribution in [0.15, 0.2) is 70.8 Å². The quantitative estimate of drug-likeness (QED) is 0.460. The van der Waals surface area contributed by atoms with Crippen molar-refractivity contribution in [3.8, 4) is 0 Å². The van der Waals surface area contributed by atoms with Crippen molar-refractivity contribution >= 4 is 24.0 Å². The number of rotatable bonds is 5. The molecule has 0 saturated heterocycles. The van der Waals surface area contributed by atoms with Gasteiger partial charge in [-0.3, -0.25) is 9.79 Å². The van der Waals surface area contributed by atoms with E-state index in [4.69, 9.17) is 0 Å². The lowest BCUT2D eigenvalue weighted by Crippen LogP contribution is -2.17. The molecule has 4 heteroatoms. The molecule has 0 atom stereocenters. The molecule has 0 saturated carbocycles. The number of hydrogen-bond acceptors (Lipinski definition) is 3. The largest absolute Gasteiger partial charge is 0.273 e. The third-order valence-electron chi connectivity index (χ3n) is 6.13. The summed E-state index contributed by atoms with van der Waals surface area (Å²) in [7, 11) is 0. The van der Waals surface area contributed by atoms with Crippen LogP contribution in [0.3, 0.4) is 0 Å². The summed E-state index contributed by atoms with van der Waals surface area (Å²) < 4.78 is 0. The molecular weight excluding hydrogens is 382 g/mol. The van der Waals surface area contributed by atoms with Gasteiger partial charge in [-0.15, -0.1) is 0 Å². The number of benzene rings is 3. The Bertz CT molecular complexity index is 1190. The molecule has 2 aliphatic carbocycles. The van der Waals surface area contributed by atoms with Gasteiger partial charge in [0.25, 0.3) is 5.91 Å². The maximum absolute atomic E-state index is 12.7. The summed E-state index contributed by atoms with van der Waals surface area (Å²) in [6.07, 6.45) is 10.6. The molecule has 0 bridgehead atoms. The first-order valence-corrected chi connectivity index (χ1v) is 11.0. The summed E-state index contributed by atoms with van der Waals surface area (Å²) in [5, 5.41) is 4.17. The lowest BCUT2D eigenvalue weighted by Gasteiger charge is -2.05. The molecule has 1 amide bonds. The first-order chi connectivity index (χ1) is 15.3. The van der Waals surface area contributed by atoms with E-state index in [0.29, 0.717) is 11.3 Å². The number of aryl methyl sites for hydroxylation is 4. The van der Waals surface area contributed by atoms with E-state index in [1.54, 1.807) is 12.3 Å². The highest BCUT2D eigenvalue weighted by molar-refractivity contribution is 6.00. The molecule has 0 radical (unpaired) electrons. The normalized spacial score (nSPS) is 14.8. The number of carbonyl (C=O) groups is 1. The van der Waals surface area contributed by atoms with E-state index in [1.165, 1.54) is 41.5 Å². The molecule has 0 aromatic heterocycles. The molecule has 2 aliphatic rings. The minimum atomic E-state index is -0.265. The Morgan fingerprint density at radius 2 is 1.35 bits per heavy atom. The SMILES string of the molecule is O=C(N/N=C\c1ccc2c(c1)CCC2)c1ccccc1N=Cc1ccc2c(c1)CCC2. The fourth-order valence-electron chi connectivity index (χ4n) is 4.49. The minimum absolute atomic E-state index is 0.265. The van der Waals surface area contributed by atoms with E-state index in [9.17, 15) is 4.79 Å². The average molecular weight is 408 g/mol. The zero-order valence-electron chi connectivity index (χ0n) is 17.5. The summed E-state index contributed by atoms with van der Waals surface area (Å²) in [5.74, 6) is -0.265. The van der Waals surface area contributed by atoms with E-state index < -0.39 is 0 Å². The molecular formula is C27H25N3O. The van der Waals surface area contributed by atoms with Crippen LogP contribution in [0.5, 0.6) is 0 Å². The third kappa shape index (κ3) is 4.33. The van der Waals surface area contributed by atoms with Crippen LogP contribution in [-0.2, 0) is 25.7 Å². The second-order valence-electron chi connectivity index (χ2n) is 8.24. The highest BCUT2D eigenvalue weighted by Crippen LogP contribution is 2.24. The van der Waals surface area contributed by atoms with Crippen molar-refractivity contribution in [3.63, 3.8) is 0 Å².